The van der Waals surface area contributed by atoms with Crippen LogP contribution in [0, 0.1) is 0 Å². The van der Waals surface area contributed by atoms with E-state index in [4.69, 9.17) is 4.74 Å². The van der Waals surface area contributed by atoms with Gasteiger partial charge in [0.15, 0.2) is 6.10 Å². The molecule has 1 unspecified atom stereocenters. The summed E-state index contributed by atoms with van der Waals surface area (Å²) in [5, 5.41) is 5.64. The summed E-state index contributed by atoms with van der Waals surface area (Å²) in [5.41, 5.74) is 2.44. The molecule has 2 N–H and O–H groups in total. The molecule has 150 valence electrons. The molecule has 5 nitrogen and oxygen atoms in total. The predicted molar refractivity (Wildman–Crippen MR) is 113 cm³/mol. The lowest BCUT2D eigenvalue weighted by atomic mass is 9.87. The van der Waals surface area contributed by atoms with Crippen LogP contribution in [0.2, 0.25) is 0 Å². The first-order chi connectivity index (χ1) is 13.1. The van der Waals surface area contributed by atoms with Crippen LogP contribution >= 0.6 is 0 Å². The van der Waals surface area contributed by atoms with Gasteiger partial charge in [-0.15, -0.1) is 0 Å². The molecule has 0 fully saturated rings. The van der Waals surface area contributed by atoms with Crippen molar-refractivity contribution < 1.29 is 14.3 Å². The Morgan fingerprint density at radius 3 is 1.96 bits per heavy atom. The van der Waals surface area contributed by atoms with Crippen LogP contribution in [0.3, 0.4) is 0 Å². The molecule has 0 saturated heterocycles. The topological polar surface area (TPSA) is 67.4 Å². The maximum atomic E-state index is 12.4. The van der Waals surface area contributed by atoms with Gasteiger partial charge >= 0.3 is 0 Å². The average molecular weight is 383 g/mol. The first-order valence-electron chi connectivity index (χ1n) is 9.55. The van der Waals surface area contributed by atoms with Crippen LogP contribution < -0.4 is 15.4 Å². The number of carbonyl (C=O) groups excluding carboxylic acids is 2. The molecule has 0 radical (unpaired) electrons. The SMILES string of the molecule is CC(C)NC(=O)c1ccc(NC(=O)C(C)Oc2ccc(C(C)(C)C)cc2)cc1. The number of hydrogen-bond acceptors (Lipinski definition) is 3. The molecule has 0 bridgehead atoms. The van der Waals surface area contributed by atoms with E-state index < -0.39 is 6.10 Å². The fourth-order valence-corrected chi connectivity index (χ4v) is 2.59. The third-order valence-corrected chi connectivity index (χ3v) is 4.24. The second kappa shape index (κ2) is 8.91. The average Bonchev–Trinajstić information content (AvgIpc) is 2.61. The standard InChI is InChI=1S/C23H30N2O3/c1-15(2)24-22(27)17-7-11-19(12-8-17)25-21(26)16(3)28-20-13-9-18(10-14-20)23(4,5)6/h7-16H,1-6H3,(H,24,27)(H,25,26). The summed E-state index contributed by atoms with van der Waals surface area (Å²) < 4.78 is 5.75. The lowest BCUT2D eigenvalue weighted by Gasteiger charge is -2.20. The highest BCUT2D eigenvalue weighted by atomic mass is 16.5. The summed E-state index contributed by atoms with van der Waals surface area (Å²) in [5.74, 6) is 0.263. The Balaban J connectivity index is 1.94. The molecule has 2 amide bonds. The highest BCUT2D eigenvalue weighted by Gasteiger charge is 2.17. The molecule has 0 aromatic heterocycles. The number of ether oxygens (including phenoxy) is 1. The molecule has 2 aromatic rings. The number of amides is 2. The first-order valence-corrected chi connectivity index (χ1v) is 9.55. The predicted octanol–water partition coefficient (Wildman–Crippen LogP) is 4.53. The molecule has 5 heteroatoms. The van der Waals surface area contributed by atoms with E-state index in [1.165, 1.54) is 5.56 Å². The van der Waals surface area contributed by atoms with E-state index >= 15 is 0 Å². The van der Waals surface area contributed by atoms with Gasteiger partial charge in [0.25, 0.3) is 11.8 Å². The van der Waals surface area contributed by atoms with Crippen molar-refractivity contribution >= 4 is 17.5 Å². The van der Waals surface area contributed by atoms with Gasteiger partial charge in [-0.05, 0) is 68.1 Å². The number of nitrogens with one attached hydrogen (secondary N) is 2. The number of benzene rings is 2. The number of hydrogen-bond donors (Lipinski definition) is 2. The Bertz CT molecular complexity index is 803. The Morgan fingerprint density at radius 2 is 1.46 bits per heavy atom. The Morgan fingerprint density at radius 1 is 0.893 bits per heavy atom. The van der Waals surface area contributed by atoms with Crippen LogP contribution in [0.4, 0.5) is 5.69 Å². The van der Waals surface area contributed by atoms with Crippen LogP contribution in [0.1, 0.15) is 57.5 Å². The second-order valence-corrected chi connectivity index (χ2v) is 8.23. The summed E-state index contributed by atoms with van der Waals surface area (Å²) >= 11 is 0. The normalized spacial score (nSPS) is 12.4. The zero-order chi connectivity index (χ0) is 20.9. The van der Waals surface area contributed by atoms with Gasteiger partial charge in [-0.3, -0.25) is 9.59 Å². The molecule has 0 heterocycles. The van der Waals surface area contributed by atoms with Gasteiger partial charge in [-0.1, -0.05) is 32.9 Å². The van der Waals surface area contributed by atoms with Crippen molar-refractivity contribution in [3.63, 3.8) is 0 Å². The molecule has 0 spiro atoms. The maximum Gasteiger partial charge on any atom is 0.265 e. The highest BCUT2D eigenvalue weighted by molar-refractivity contribution is 5.96. The lowest BCUT2D eigenvalue weighted by Crippen LogP contribution is -2.31. The Hall–Kier alpha value is -2.82. The smallest absolute Gasteiger partial charge is 0.265 e. The summed E-state index contributed by atoms with van der Waals surface area (Å²) in [6, 6.07) is 14.6. The summed E-state index contributed by atoms with van der Waals surface area (Å²) in [4.78, 5) is 24.4. The highest BCUT2D eigenvalue weighted by Crippen LogP contribution is 2.24. The van der Waals surface area contributed by atoms with Crippen molar-refractivity contribution in [2.45, 2.75) is 59.1 Å². The van der Waals surface area contributed by atoms with Crippen LogP contribution in [0.15, 0.2) is 48.5 Å². The van der Waals surface area contributed by atoms with E-state index in [-0.39, 0.29) is 23.3 Å². The van der Waals surface area contributed by atoms with Crippen molar-refractivity contribution in [2.24, 2.45) is 0 Å². The minimum Gasteiger partial charge on any atom is -0.481 e. The third-order valence-electron chi connectivity index (χ3n) is 4.24. The van der Waals surface area contributed by atoms with E-state index in [1.807, 2.05) is 38.1 Å². The molecule has 0 saturated carbocycles. The van der Waals surface area contributed by atoms with Gasteiger partial charge in [-0.25, -0.2) is 0 Å². The van der Waals surface area contributed by atoms with Gasteiger partial charge in [0.1, 0.15) is 5.75 Å². The zero-order valence-corrected chi connectivity index (χ0v) is 17.5. The van der Waals surface area contributed by atoms with Crippen LogP contribution in [0.5, 0.6) is 5.75 Å². The van der Waals surface area contributed by atoms with Crippen LogP contribution in [-0.4, -0.2) is 24.0 Å². The molecule has 0 aliphatic heterocycles. The molecule has 1 atom stereocenters. The molecule has 28 heavy (non-hydrogen) atoms. The number of rotatable bonds is 6. The minimum atomic E-state index is -0.649. The maximum absolute atomic E-state index is 12.4. The molecule has 0 aliphatic rings. The van der Waals surface area contributed by atoms with Crippen molar-refractivity contribution in [1.29, 1.82) is 0 Å². The van der Waals surface area contributed by atoms with Gasteiger partial charge in [0, 0.05) is 17.3 Å². The van der Waals surface area contributed by atoms with E-state index in [0.717, 1.165) is 0 Å². The molecule has 2 aromatic carbocycles. The Kier molecular flexibility index (Phi) is 6.84. The minimum absolute atomic E-state index is 0.0692. The molecule has 2 rings (SSSR count). The van der Waals surface area contributed by atoms with Crippen LogP contribution in [0.25, 0.3) is 0 Å². The van der Waals surface area contributed by atoms with E-state index in [2.05, 4.69) is 31.4 Å². The van der Waals surface area contributed by atoms with Crippen LogP contribution in [-0.2, 0) is 10.2 Å². The molecular weight excluding hydrogens is 352 g/mol. The van der Waals surface area contributed by atoms with Gasteiger partial charge < -0.3 is 15.4 Å². The quantitative estimate of drug-likeness (QED) is 0.771. The van der Waals surface area contributed by atoms with E-state index in [0.29, 0.717) is 17.0 Å². The summed E-state index contributed by atoms with van der Waals surface area (Å²) in [6.45, 7) is 12.0. The summed E-state index contributed by atoms with van der Waals surface area (Å²) in [7, 11) is 0. The lowest BCUT2D eigenvalue weighted by molar-refractivity contribution is -0.122. The van der Waals surface area contributed by atoms with Crippen molar-refractivity contribution in [2.75, 3.05) is 5.32 Å². The van der Waals surface area contributed by atoms with Crippen molar-refractivity contribution in [3.05, 3.63) is 59.7 Å². The second-order valence-electron chi connectivity index (χ2n) is 8.23. The van der Waals surface area contributed by atoms with Crippen molar-refractivity contribution in [3.8, 4) is 5.75 Å². The Labute approximate surface area is 167 Å². The van der Waals surface area contributed by atoms with Gasteiger partial charge in [0.05, 0.1) is 0 Å². The summed E-state index contributed by atoms with van der Waals surface area (Å²) in [6.07, 6.45) is -0.649. The van der Waals surface area contributed by atoms with Crippen molar-refractivity contribution in [1.82, 2.24) is 5.32 Å². The number of anilines is 1. The molecule has 0 aliphatic carbocycles. The third kappa shape index (κ3) is 6.12. The monoisotopic (exact) mass is 382 g/mol. The van der Waals surface area contributed by atoms with E-state index in [9.17, 15) is 9.59 Å². The van der Waals surface area contributed by atoms with Gasteiger partial charge in [-0.2, -0.15) is 0 Å². The number of carbonyl (C=O) groups is 2. The van der Waals surface area contributed by atoms with E-state index in [1.54, 1.807) is 31.2 Å². The fraction of sp³-hybridized carbons (Fsp3) is 0.391. The first kappa shape index (κ1) is 21.5. The fourth-order valence-electron chi connectivity index (χ4n) is 2.59. The van der Waals surface area contributed by atoms with Gasteiger partial charge in [0.2, 0.25) is 0 Å². The zero-order valence-electron chi connectivity index (χ0n) is 17.5. The largest absolute Gasteiger partial charge is 0.481 e. The molecular formula is C23H30N2O3.